The highest BCUT2D eigenvalue weighted by Crippen LogP contribution is 2.26. The summed E-state index contributed by atoms with van der Waals surface area (Å²) in [4.78, 5) is 14.2. The molecule has 2 aromatic carbocycles. The summed E-state index contributed by atoms with van der Waals surface area (Å²) in [5.74, 6) is -0.166. The van der Waals surface area contributed by atoms with Crippen molar-refractivity contribution in [1.29, 1.82) is 0 Å². The molecule has 0 saturated heterocycles. The number of anilines is 1. The fourth-order valence-electron chi connectivity index (χ4n) is 2.78. The number of amides is 1. The Balaban J connectivity index is 1.61. The maximum absolute atomic E-state index is 12.1. The molecule has 0 unspecified atom stereocenters. The first-order valence-electron chi connectivity index (χ1n) is 7.74. The van der Waals surface area contributed by atoms with Crippen LogP contribution in [-0.4, -0.2) is 25.2 Å². The predicted molar refractivity (Wildman–Crippen MR) is 99.2 cm³/mol. The molecule has 0 saturated carbocycles. The van der Waals surface area contributed by atoms with Gasteiger partial charge in [-0.15, -0.1) is 0 Å². The molecule has 3 rings (SSSR count). The molecule has 1 aliphatic rings. The van der Waals surface area contributed by atoms with Crippen LogP contribution >= 0.6 is 23.2 Å². The number of carbonyl (C=O) groups is 1. The highest BCUT2D eigenvalue weighted by atomic mass is 35.5. The van der Waals surface area contributed by atoms with Crippen LogP contribution < -0.4 is 10.3 Å². The van der Waals surface area contributed by atoms with Crippen molar-refractivity contribution in [2.24, 2.45) is 5.10 Å². The first-order chi connectivity index (χ1) is 11.6. The van der Waals surface area contributed by atoms with Crippen LogP contribution in [0.2, 0.25) is 10.0 Å². The lowest BCUT2D eigenvalue weighted by Crippen LogP contribution is -2.38. The number of hydrazone groups is 1. The van der Waals surface area contributed by atoms with Gasteiger partial charge in [0.15, 0.2) is 0 Å². The smallest absolute Gasteiger partial charge is 0.259 e. The van der Waals surface area contributed by atoms with Crippen LogP contribution in [0.15, 0.2) is 47.6 Å². The lowest BCUT2D eigenvalue weighted by Gasteiger charge is -2.30. The molecule has 6 heteroatoms. The second kappa shape index (κ2) is 7.69. The van der Waals surface area contributed by atoms with Crippen molar-refractivity contribution < 1.29 is 4.79 Å². The summed E-state index contributed by atoms with van der Waals surface area (Å²) in [6, 6.07) is 13.5. The van der Waals surface area contributed by atoms with Gasteiger partial charge in [-0.05, 0) is 30.5 Å². The summed E-state index contributed by atoms with van der Waals surface area (Å²) in [6.07, 6.45) is 3.60. The van der Waals surface area contributed by atoms with Gasteiger partial charge in [0.2, 0.25) is 0 Å². The standard InChI is InChI=1S/C18H17Cl2N3O/c19-15-8-3-6-14(18(15)20)11-21-22-17(24)12-23-10-4-7-13-5-1-2-9-16(13)23/h1-3,5-6,8-9,11H,4,7,10,12H2,(H,22,24)/b21-11-. The number of nitrogens with one attached hydrogen (secondary N) is 1. The second-order valence-electron chi connectivity index (χ2n) is 5.59. The summed E-state index contributed by atoms with van der Waals surface area (Å²) in [5.41, 5.74) is 5.61. The normalized spacial score (nSPS) is 13.8. The van der Waals surface area contributed by atoms with Gasteiger partial charge in [-0.2, -0.15) is 5.10 Å². The van der Waals surface area contributed by atoms with Crippen molar-refractivity contribution >= 4 is 41.0 Å². The van der Waals surface area contributed by atoms with E-state index in [1.54, 1.807) is 18.2 Å². The van der Waals surface area contributed by atoms with Crippen molar-refractivity contribution in [3.63, 3.8) is 0 Å². The minimum Gasteiger partial charge on any atom is -0.362 e. The minimum atomic E-state index is -0.166. The number of rotatable bonds is 4. The molecule has 0 fully saturated rings. The largest absolute Gasteiger partial charge is 0.362 e. The van der Waals surface area contributed by atoms with E-state index in [2.05, 4.69) is 27.6 Å². The lowest BCUT2D eigenvalue weighted by atomic mass is 10.0. The summed E-state index contributed by atoms with van der Waals surface area (Å²) in [7, 11) is 0. The highest BCUT2D eigenvalue weighted by molar-refractivity contribution is 6.43. The fraction of sp³-hybridized carbons (Fsp3) is 0.222. The number of para-hydroxylation sites is 1. The van der Waals surface area contributed by atoms with Crippen LogP contribution in [0.4, 0.5) is 5.69 Å². The van der Waals surface area contributed by atoms with E-state index in [1.165, 1.54) is 11.8 Å². The third-order valence-corrected chi connectivity index (χ3v) is 4.75. The number of hydrogen-bond donors (Lipinski definition) is 1. The molecule has 0 aromatic heterocycles. The minimum absolute atomic E-state index is 0.166. The number of nitrogens with zero attached hydrogens (tertiary/aromatic N) is 2. The fourth-order valence-corrected chi connectivity index (χ4v) is 3.14. The van der Waals surface area contributed by atoms with Gasteiger partial charge in [-0.25, -0.2) is 5.43 Å². The molecule has 1 amide bonds. The molecule has 0 spiro atoms. The summed E-state index contributed by atoms with van der Waals surface area (Å²) in [6.45, 7) is 1.14. The molecule has 124 valence electrons. The number of aryl methyl sites for hydroxylation is 1. The number of carbonyl (C=O) groups excluding carboxylic acids is 1. The molecule has 2 aromatic rings. The van der Waals surface area contributed by atoms with Crippen LogP contribution in [0.25, 0.3) is 0 Å². The van der Waals surface area contributed by atoms with E-state index in [-0.39, 0.29) is 12.5 Å². The van der Waals surface area contributed by atoms with Gasteiger partial charge in [0.25, 0.3) is 5.91 Å². The van der Waals surface area contributed by atoms with Crippen LogP contribution in [-0.2, 0) is 11.2 Å². The molecule has 1 aliphatic heterocycles. The molecule has 0 atom stereocenters. The number of fused-ring (bicyclic) bond motifs is 1. The van der Waals surface area contributed by atoms with E-state index in [0.717, 1.165) is 25.1 Å². The number of hydrogen-bond acceptors (Lipinski definition) is 3. The number of benzene rings is 2. The highest BCUT2D eigenvalue weighted by Gasteiger charge is 2.18. The van der Waals surface area contributed by atoms with Gasteiger partial charge < -0.3 is 4.90 Å². The molecule has 0 aliphatic carbocycles. The average Bonchev–Trinajstić information content (AvgIpc) is 2.59. The van der Waals surface area contributed by atoms with Gasteiger partial charge >= 0.3 is 0 Å². The van der Waals surface area contributed by atoms with Crippen LogP contribution in [0.5, 0.6) is 0 Å². The maximum atomic E-state index is 12.1. The van der Waals surface area contributed by atoms with Crippen molar-refractivity contribution in [3.05, 3.63) is 63.6 Å². The second-order valence-corrected chi connectivity index (χ2v) is 6.38. The number of halogens is 2. The monoisotopic (exact) mass is 361 g/mol. The van der Waals surface area contributed by atoms with Crippen molar-refractivity contribution in [2.75, 3.05) is 18.0 Å². The van der Waals surface area contributed by atoms with Gasteiger partial charge in [-0.3, -0.25) is 4.79 Å². The summed E-state index contributed by atoms with van der Waals surface area (Å²) < 4.78 is 0. The Hall–Kier alpha value is -2.04. The van der Waals surface area contributed by atoms with Crippen LogP contribution in [0.3, 0.4) is 0 Å². The Bertz CT molecular complexity index is 777. The molecule has 0 bridgehead atoms. The topological polar surface area (TPSA) is 44.7 Å². The van der Waals surface area contributed by atoms with Gasteiger partial charge in [-0.1, -0.05) is 53.5 Å². The molecular weight excluding hydrogens is 345 g/mol. The first kappa shape index (κ1) is 16.8. The quantitative estimate of drug-likeness (QED) is 0.662. The van der Waals surface area contributed by atoms with Crippen molar-refractivity contribution in [3.8, 4) is 0 Å². The molecule has 0 radical (unpaired) electrons. The van der Waals surface area contributed by atoms with E-state index in [9.17, 15) is 4.79 Å². The zero-order chi connectivity index (χ0) is 16.9. The Morgan fingerprint density at radius 3 is 2.92 bits per heavy atom. The SMILES string of the molecule is O=C(CN1CCCc2ccccc21)N/N=C\c1cccc(Cl)c1Cl. The average molecular weight is 362 g/mol. The Labute approximate surface area is 151 Å². The Kier molecular flexibility index (Phi) is 5.38. The summed E-state index contributed by atoms with van der Waals surface area (Å²) >= 11 is 12.0. The van der Waals surface area contributed by atoms with Gasteiger partial charge in [0.1, 0.15) is 0 Å². The van der Waals surface area contributed by atoms with E-state index in [4.69, 9.17) is 23.2 Å². The predicted octanol–water partition coefficient (Wildman–Crippen LogP) is 3.90. The van der Waals surface area contributed by atoms with Gasteiger partial charge in [0.05, 0.1) is 22.8 Å². The molecular formula is C18H17Cl2N3O. The van der Waals surface area contributed by atoms with E-state index in [0.29, 0.717) is 15.6 Å². The van der Waals surface area contributed by atoms with Crippen LogP contribution in [0, 0.1) is 0 Å². The van der Waals surface area contributed by atoms with E-state index < -0.39 is 0 Å². The first-order valence-corrected chi connectivity index (χ1v) is 8.49. The zero-order valence-corrected chi connectivity index (χ0v) is 14.5. The molecule has 4 nitrogen and oxygen atoms in total. The van der Waals surface area contributed by atoms with E-state index >= 15 is 0 Å². The molecule has 1 heterocycles. The zero-order valence-electron chi connectivity index (χ0n) is 13.0. The van der Waals surface area contributed by atoms with Crippen molar-refractivity contribution in [1.82, 2.24) is 5.43 Å². The van der Waals surface area contributed by atoms with E-state index in [1.807, 2.05) is 12.1 Å². The van der Waals surface area contributed by atoms with Crippen LogP contribution in [0.1, 0.15) is 17.5 Å². The van der Waals surface area contributed by atoms with Crippen molar-refractivity contribution in [2.45, 2.75) is 12.8 Å². The molecule has 1 N–H and O–H groups in total. The third-order valence-electron chi connectivity index (χ3n) is 3.92. The Morgan fingerprint density at radius 2 is 2.04 bits per heavy atom. The molecule has 24 heavy (non-hydrogen) atoms. The third kappa shape index (κ3) is 3.89. The summed E-state index contributed by atoms with van der Waals surface area (Å²) in [5, 5.41) is 4.84. The lowest BCUT2D eigenvalue weighted by molar-refractivity contribution is -0.119. The Morgan fingerprint density at radius 1 is 1.21 bits per heavy atom. The van der Waals surface area contributed by atoms with Gasteiger partial charge in [0, 0.05) is 17.8 Å². The maximum Gasteiger partial charge on any atom is 0.259 e.